The van der Waals surface area contributed by atoms with E-state index in [0.29, 0.717) is 5.30 Å². The largest absolute Gasteiger partial charge is 0.411 e. The average Bonchev–Trinajstić information content (AvgIpc) is 2.13. The summed E-state index contributed by atoms with van der Waals surface area (Å²) >= 11 is 0. The van der Waals surface area contributed by atoms with E-state index in [1.54, 1.807) is 30.3 Å². The van der Waals surface area contributed by atoms with Crippen LogP contribution in [0.4, 0.5) is 0 Å². The van der Waals surface area contributed by atoms with Crippen molar-refractivity contribution < 1.29 is 22.6 Å². The van der Waals surface area contributed by atoms with Crippen molar-refractivity contribution in [2.75, 3.05) is 0 Å². The van der Waals surface area contributed by atoms with Crippen LogP contribution in [0, 0.1) is 0 Å². The Morgan fingerprint density at radius 1 is 0.667 bits per heavy atom. The van der Waals surface area contributed by atoms with Crippen molar-refractivity contribution in [3.63, 3.8) is 0 Å². The first-order valence-corrected chi connectivity index (χ1v) is 12.8. The van der Waals surface area contributed by atoms with Crippen molar-refractivity contribution in [1.29, 1.82) is 0 Å². The van der Waals surface area contributed by atoms with Gasteiger partial charge in [0.1, 0.15) is 0 Å². The molecule has 0 saturated heterocycles. The maximum Gasteiger partial charge on any atom is 0.345 e. The van der Waals surface area contributed by atoms with Crippen LogP contribution in [0.1, 0.15) is 66.8 Å². The van der Waals surface area contributed by atoms with Crippen molar-refractivity contribution in [1.82, 2.24) is 0 Å². The minimum Gasteiger partial charge on any atom is -0.411 e. The van der Waals surface area contributed by atoms with Gasteiger partial charge in [-0.1, -0.05) is 85.0 Å². The lowest BCUT2D eigenvalue weighted by Crippen LogP contribution is -2.36. The van der Waals surface area contributed by atoms with Gasteiger partial charge >= 0.3 is 24.7 Å². The van der Waals surface area contributed by atoms with Gasteiger partial charge in [-0.3, -0.25) is 4.57 Å². The quantitative estimate of drug-likeness (QED) is 0.356. The van der Waals surface area contributed by atoms with E-state index in [-0.39, 0.29) is 66.8 Å². The topological polar surface area (TPSA) is 76.0 Å². The molecule has 0 bridgehead atoms. The smallest absolute Gasteiger partial charge is 0.345 e. The lowest BCUT2D eigenvalue weighted by Gasteiger charge is -2.28. The van der Waals surface area contributed by atoms with Crippen LogP contribution in [0.15, 0.2) is 30.3 Å². The number of rotatable bonds is 5. The highest BCUT2D eigenvalue weighted by atomic mass is 31.2. The first kappa shape index (κ1) is 56.3. The third-order valence-electron chi connectivity index (χ3n) is 1.76. The summed E-state index contributed by atoms with van der Waals surface area (Å²) in [6.45, 7) is 5.99. The van der Waals surface area contributed by atoms with Gasteiger partial charge < -0.3 is 18.0 Å². The first-order chi connectivity index (χ1) is 8.02. The summed E-state index contributed by atoms with van der Waals surface area (Å²) < 4.78 is 23.3. The molecule has 2 N–H and O–H groups in total. The van der Waals surface area contributed by atoms with Crippen molar-refractivity contribution in [2.24, 2.45) is 0 Å². The van der Waals surface area contributed by atoms with Crippen LogP contribution in [0.5, 0.6) is 0 Å². The standard InChI is InChI=1S/C10H19O5PSi2.9CH4/c1-17(2,12)14-16(11,15-18(3,4)13)10-8-6-5-7-9-10;;;;;;;;;/h5-9,12-13H,1-4H3;9*1H4. The van der Waals surface area contributed by atoms with Gasteiger partial charge in [-0.2, -0.15) is 0 Å². The van der Waals surface area contributed by atoms with Crippen LogP contribution in [-0.4, -0.2) is 26.7 Å². The second-order valence-corrected chi connectivity index (χ2v) is 13.7. The Morgan fingerprint density at radius 3 is 1.15 bits per heavy atom. The van der Waals surface area contributed by atoms with E-state index in [0.717, 1.165) is 0 Å². The van der Waals surface area contributed by atoms with Crippen LogP contribution in [0.25, 0.3) is 0 Å². The highest BCUT2D eigenvalue weighted by Gasteiger charge is 2.40. The van der Waals surface area contributed by atoms with E-state index < -0.39 is 24.7 Å². The van der Waals surface area contributed by atoms with Gasteiger partial charge in [0.2, 0.25) is 0 Å². The summed E-state index contributed by atoms with van der Waals surface area (Å²) in [6.07, 6.45) is 0. The molecule has 0 spiro atoms. The van der Waals surface area contributed by atoms with Gasteiger partial charge in [0.25, 0.3) is 0 Å². The third-order valence-corrected chi connectivity index (χ3v) is 8.19. The molecule has 0 aliphatic rings. The number of hydrogen-bond donors (Lipinski definition) is 2. The zero-order chi connectivity index (χ0) is 14.0. The van der Waals surface area contributed by atoms with Crippen LogP contribution < -0.4 is 5.30 Å². The monoisotopic (exact) mass is 450 g/mol. The van der Waals surface area contributed by atoms with Crippen molar-refractivity contribution in [3.05, 3.63) is 30.3 Å². The molecular weight excluding hydrogens is 395 g/mol. The Hall–Kier alpha value is -0.276. The van der Waals surface area contributed by atoms with E-state index in [9.17, 15) is 14.2 Å². The second-order valence-electron chi connectivity index (χ2n) is 4.91. The summed E-state index contributed by atoms with van der Waals surface area (Å²) in [6, 6.07) is 8.37. The summed E-state index contributed by atoms with van der Waals surface area (Å²) in [5.41, 5.74) is 0. The van der Waals surface area contributed by atoms with E-state index in [1.807, 2.05) is 0 Å². The van der Waals surface area contributed by atoms with Gasteiger partial charge in [0, 0.05) is 0 Å². The summed E-state index contributed by atoms with van der Waals surface area (Å²) in [4.78, 5) is 19.6. The van der Waals surface area contributed by atoms with Gasteiger partial charge in [-0.15, -0.1) is 0 Å². The minimum absolute atomic E-state index is 0. The maximum atomic E-state index is 12.8. The molecule has 0 radical (unpaired) electrons. The van der Waals surface area contributed by atoms with Crippen molar-refractivity contribution in [2.45, 2.75) is 93.0 Å². The van der Waals surface area contributed by atoms with E-state index >= 15 is 0 Å². The van der Waals surface area contributed by atoms with Crippen LogP contribution >= 0.6 is 7.60 Å². The lowest BCUT2D eigenvalue weighted by molar-refractivity contribution is 0.312. The fourth-order valence-corrected chi connectivity index (χ4v) is 7.89. The minimum atomic E-state index is -3.69. The van der Waals surface area contributed by atoms with Gasteiger partial charge in [-0.05, 0) is 38.3 Å². The van der Waals surface area contributed by atoms with E-state index in [4.69, 9.17) is 8.43 Å². The Bertz CT molecular complexity index is 424. The van der Waals surface area contributed by atoms with Gasteiger partial charge in [-0.25, -0.2) is 0 Å². The number of hydrogen-bond acceptors (Lipinski definition) is 5. The van der Waals surface area contributed by atoms with Crippen molar-refractivity contribution >= 4 is 30.0 Å². The van der Waals surface area contributed by atoms with Crippen molar-refractivity contribution in [3.8, 4) is 0 Å². The summed E-state index contributed by atoms with van der Waals surface area (Å²) in [5.74, 6) is 0. The molecule has 0 amide bonds. The third kappa shape index (κ3) is 21.9. The molecule has 0 aliphatic carbocycles. The second kappa shape index (κ2) is 20.5. The highest BCUT2D eigenvalue weighted by Crippen LogP contribution is 2.50. The molecule has 0 aliphatic heterocycles. The Balaban J connectivity index is -0.0000000514. The normalized spacial score (nSPS) is 9.11. The van der Waals surface area contributed by atoms with Gasteiger partial charge in [0.05, 0.1) is 5.30 Å². The lowest BCUT2D eigenvalue weighted by atomic mass is 10.4. The van der Waals surface area contributed by atoms with Gasteiger partial charge in [0.15, 0.2) is 0 Å². The molecule has 174 valence electrons. The molecular formula is C19H55O5PSi2. The van der Waals surface area contributed by atoms with Crippen LogP contribution in [-0.2, 0) is 13.0 Å². The maximum absolute atomic E-state index is 12.8. The molecule has 0 saturated carbocycles. The molecule has 0 atom stereocenters. The van der Waals surface area contributed by atoms with Crippen LogP contribution in [0.2, 0.25) is 26.2 Å². The average molecular weight is 451 g/mol. The number of benzene rings is 1. The molecule has 1 aromatic carbocycles. The van der Waals surface area contributed by atoms with E-state index in [2.05, 4.69) is 0 Å². The molecule has 5 nitrogen and oxygen atoms in total. The summed E-state index contributed by atoms with van der Waals surface area (Å²) in [7, 11) is -9.80. The molecule has 27 heavy (non-hydrogen) atoms. The predicted molar refractivity (Wildman–Crippen MR) is 136 cm³/mol. The molecule has 1 rings (SSSR count). The Labute approximate surface area is 176 Å². The SMILES string of the molecule is C.C.C.C.C.C.C.C.C.C[Si](C)(O)OP(=O)(O[Si](C)(C)O)c1ccccc1. The Morgan fingerprint density at radius 2 is 0.926 bits per heavy atom. The first-order valence-electron chi connectivity index (χ1n) is 5.54. The molecule has 0 heterocycles. The Kier molecular flexibility index (Phi) is 42.7. The fourth-order valence-electron chi connectivity index (χ4n) is 1.32. The van der Waals surface area contributed by atoms with E-state index in [1.165, 1.54) is 26.2 Å². The fraction of sp³-hybridized carbons (Fsp3) is 0.684. The molecule has 0 aromatic heterocycles. The molecule has 8 heteroatoms. The molecule has 0 unspecified atom stereocenters. The zero-order valence-corrected chi connectivity index (χ0v) is 13.8. The molecule has 0 fully saturated rings. The zero-order valence-electron chi connectivity index (χ0n) is 11.0. The molecule has 1 aromatic rings. The predicted octanol–water partition coefficient (Wildman–Crippen LogP) is 7.65. The summed E-state index contributed by atoms with van der Waals surface area (Å²) in [5, 5.41) is 0.342. The van der Waals surface area contributed by atoms with Crippen LogP contribution in [0.3, 0.4) is 0 Å². The highest BCUT2D eigenvalue weighted by molar-refractivity contribution is 7.64.